The van der Waals surface area contributed by atoms with E-state index < -0.39 is 0 Å². The number of hydrogen-bond acceptors (Lipinski definition) is 5. The van der Waals surface area contributed by atoms with Crippen LogP contribution in [0.1, 0.15) is 15.9 Å². The van der Waals surface area contributed by atoms with Gasteiger partial charge in [-0.05, 0) is 42.0 Å². The number of rotatable bonds is 3. The highest BCUT2D eigenvalue weighted by Gasteiger charge is 2.06. The Kier molecular flexibility index (Phi) is 3.61. The average molecular weight is 272 g/mol. The molecule has 0 amide bonds. The smallest absolute Gasteiger partial charge is 0.185 e. The lowest BCUT2D eigenvalue weighted by Gasteiger charge is -2.00. The van der Waals surface area contributed by atoms with Crippen LogP contribution in [-0.4, -0.2) is 26.2 Å². The fraction of sp³-hybridized carbons (Fsp3) is 0. The molecule has 0 aliphatic rings. The zero-order chi connectivity index (χ0) is 14.7. The maximum Gasteiger partial charge on any atom is 0.185 e. The lowest BCUT2D eigenvalue weighted by Crippen LogP contribution is -1.93. The van der Waals surface area contributed by atoms with E-state index in [1.807, 2.05) is 0 Å². The molecule has 2 rings (SSSR count). The number of phenolic OH excluding ortho intramolecular Hbond substituents is 4. The third kappa shape index (κ3) is 3.08. The minimum absolute atomic E-state index is 0.112. The number of aromatic hydroxyl groups is 4. The molecule has 0 aliphatic heterocycles. The van der Waals surface area contributed by atoms with Crippen LogP contribution in [0.15, 0.2) is 42.5 Å². The molecule has 2 aromatic rings. The Bertz CT molecular complexity index is 668. The molecule has 0 fully saturated rings. The van der Waals surface area contributed by atoms with Gasteiger partial charge in [-0.25, -0.2) is 0 Å². The normalized spacial score (nSPS) is 10.8. The maximum atomic E-state index is 11.8. The second-order valence-electron chi connectivity index (χ2n) is 4.18. The fourth-order valence-corrected chi connectivity index (χ4v) is 1.66. The molecule has 102 valence electrons. The molecule has 0 bridgehead atoms. The average Bonchev–Trinajstić information content (AvgIpc) is 2.38. The van der Waals surface area contributed by atoms with Crippen molar-refractivity contribution >= 4 is 11.9 Å². The van der Waals surface area contributed by atoms with Crippen molar-refractivity contribution in [3.8, 4) is 23.0 Å². The number of allylic oxidation sites excluding steroid dienone is 1. The highest BCUT2D eigenvalue weighted by molar-refractivity contribution is 6.07. The molecule has 0 aliphatic carbocycles. The molecule has 5 heteroatoms. The van der Waals surface area contributed by atoms with Crippen LogP contribution in [0.25, 0.3) is 6.08 Å². The molecular formula is C15H12O5. The van der Waals surface area contributed by atoms with Gasteiger partial charge in [0.1, 0.15) is 11.5 Å². The van der Waals surface area contributed by atoms with Crippen molar-refractivity contribution in [3.05, 3.63) is 53.6 Å². The van der Waals surface area contributed by atoms with E-state index in [1.165, 1.54) is 42.5 Å². The van der Waals surface area contributed by atoms with Crippen molar-refractivity contribution in [2.75, 3.05) is 0 Å². The lowest BCUT2D eigenvalue weighted by molar-refractivity contribution is 0.104. The molecule has 0 heterocycles. The third-order valence-corrected chi connectivity index (χ3v) is 2.61. The molecular weight excluding hydrogens is 260 g/mol. The molecule has 0 saturated heterocycles. The molecule has 2 aromatic carbocycles. The van der Waals surface area contributed by atoms with Gasteiger partial charge in [0.05, 0.1) is 0 Å². The standard InChI is InChI=1S/C15H12O5/c16-11-5-9(6-12(17)8-11)1-3-13(18)10-2-4-14(19)15(20)7-10/h1-8,16-17,19-20H/b3-1+. The van der Waals surface area contributed by atoms with Gasteiger partial charge in [-0.3, -0.25) is 4.79 Å². The van der Waals surface area contributed by atoms with Gasteiger partial charge in [0.15, 0.2) is 17.3 Å². The second kappa shape index (κ2) is 5.36. The van der Waals surface area contributed by atoms with E-state index in [0.717, 1.165) is 6.07 Å². The molecule has 0 aromatic heterocycles. The number of benzene rings is 2. The third-order valence-electron chi connectivity index (χ3n) is 2.61. The summed E-state index contributed by atoms with van der Waals surface area (Å²) in [6.07, 6.45) is 2.66. The highest BCUT2D eigenvalue weighted by atomic mass is 16.3. The summed E-state index contributed by atoms with van der Waals surface area (Å²) in [4.78, 5) is 11.8. The number of carbonyl (C=O) groups excluding carboxylic acids is 1. The highest BCUT2D eigenvalue weighted by Crippen LogP contribution is 2.25. The number of phenols is 4. The van der Waals surface area contributed by atoms with Crippen molar-refractivity contribution in [1.29, 1.82) is 0 Å². The van der Waals surface area contributed by atoms with Crippen LogP contribution in [0.5, 0.6) is 23.0 Å². The van der Waals surface area contributed by atoms with Gasteiger partial charge in [0.2, 0.25) is 0 Å². The fourth-order valence-electron chi connectivity index (χ4n) is 1.66. The van der Waals surface area contributed by atoms with Crippen LogP contribution in [0.4, 0.5) is 0 Å². The predicted octanol–water partition coefficient (Wildman–Crippen LogP) is 2.41. The first-order chi connectivity index (χ1) is 9.45. The zero-order valence-corrected chi connectivity index (χ0v) is 10.3. The van der Waals surface area contributed by atoms with E-state index in [1.54, 1.807) is 0 Å². The van der Waals surface area contributed by atoms with Crippen LogP contribution in [0.2, 0.25) is 0 Å². The van der Waals surface area contributed by atoms with Crippen molar-refractivity contribution in [3.63, 3.8) is 0 Å². The topological polar surface area (TPSA) is 98.0 Å². The van der Waals surface area contributed by atoms with Gasteiger partial charge >= 0.3 is 0 Å². The Morgan fingerprint density at radius 3 is 2.10 bits per heavy atom. The van der Waals surface area contributed by atoms with Crippen LogP contribution in [0.3, 0.4) is 0 Å². The summed E-state index contributed by atoms with van der Waals surface area (Å²) in [7, 11) is 0. The Balaban J connectivity index is 2.22. The maximum absolute atomic E-state index is 11.8. The number of carbonyl (C=O) groups is 1. The van der Waals surface area contributed by atoms with E-state index in [4.69, 9.17) is 5.11 Å². The predicted molar refractivity (Wildman–Crippen MR) is 72.9 cm³/mol. The van der Waals surface area contributed by atoms with Crippen molar-refractivity contribution in [2.45, 2.75) is 0 Å². The molecule has 0 saturated carbocycles. The summed E-state index contributed by atoms with van der Waals surface area (Å²) >= 11 is 0. The van der Waals surface area contributed by atoms with Crippen LogP contribution < -0.4 is 0 Å². The zero-order valence-electron chi connectivity index (χ0n) is 10.3. The van der Waals surface area contributed by atoms with Gasteiger partial charge in [0.25, 0.3) is 0 Å². The molecule has 5 nitrogen and oxygen atoms in total. The van der Waals surface area contributed by atoms with E-state index >= 15 is 0 Å². The summed E-state index contributed by atoms with van der Waals surface area (Å²) < 4.78 is 0. The molecule has 20 heavy (non-hydrogen) atoms. The van der Waals surface area contributed by atoms with E-state index in [0.29, 0.717) is 5.56 Å². The van der Waals surface area contributed by atoms with E-state index in [-0.39, 0.29) is 34.3 Å². The first-order valence-electron chi connectivity index (χ1n) is 5.73. The van der Waals surface area contributed by atoms with Crippen LogP contribution in [0, 0.1) is 0 Å². The Labute approximate surface area is 114 Å². The van der Waals surface area contributed by atoms with Crippen molar-refractivity contribution in [2.24, 2.45) is 0 Å². The largest absolute Gasteiger partial charge is 0.508 e. The minimum atomic E-state index is -0.386. The quantitative estimate of drug-likeness (QED) is 0.391. The monoisotopic (exact) mass is 272 g/mol. The van der Waals surface area contributed by atoms with E-state index in [9.17, 15) is 20.1 Å². The van der Waals surface area contributed by atoms with Gasteiger partial charge in [0, 0.05) is 11.6 Å². The lowest BCUT2D eigenvalue weighted by atomic mass is 10.1. The molecule has 4 N–H and O–H groups in total. The molecule has 0 atom stereocenters. The number of ketones is 1. The van der Waals surface area contributed by atoms with Gasteiger partial charge in [-0.15, -0.1) is 0 Å². The van der Waals surface area contributed by atoms with Gasteiger partial charge in [-0.1, -0.05) is 6.08 Å². The Hall–Kier alpha value is -2.95. The Morgan fingerprint density at radius 2 is 1.50 bits per heavy atom. The number of hydrogen-bond donors (Lipinski definition) is 4. The summed E-state index contributed by atoms with van der Waals surface area (Å²) in [6.45, 7) is 0. The summed E-state index contributed by atoms with van der Waals surface area (Å²) in [5.41, 5.74) is 0.666. The molecule has 0 unspecified atom stereocenters. The molecule has 0 spiro atoms. The van der Waals surface area contributed by atoms with Crippen LogP contribution >= 0.6 is 0 Å². The van der Waals surface area contributed by atoms with Gasteiger partial charge < -0.3 is 20.4 Å². The summed E-state index contributed by atoms with van der Waals surface area (Å²) in [5.74, 6) is -1.29. The van der Waals surface area contributed by atoms with Crippen molar-refractivity contribution in [1.82, 2.24) is 0 Å². The van der Waals surface area contributed by atoms with Crippen LogP contribution in [-0.2, 0) is 0 Å². The SMILES string of the molecule is O=C(/C=C/c1cc(O)cc(O)c1)c1ccc(O)c(O)c1. The first kappa shape index (κ1) is 13.5. The second-order valence-corrected chi connectivity index (χ2v) is 4.18. The molecule has 0 radical (unpaired) electrons. The summed E-state index contributed by atoms with van der Waals surface area (Å²) in [6, 6.07) is 7.70. The van der Waals surface area contributed by atoms with Gasteiger partial charge in [-0.2, -0.15) is 0 Å². The minimum Gasteiger partial charge on any atom is -0.508 e. The Morgan fingerprint density at radius 1 is 0.850 bits per heavy atom. The van der Waals surface area contributed by atoms with Crippen molar-refractivity contribution < 1.29 is 25.2 Å². The van der Waals surface area contributed by atoms with E-state index in [2.05, 4.69) is 0 Å². The first-order valence-corrected chi connectivity index (χ1v) is 5.73. The summed E-state index contributed by atoms with van der Waals surface area (Å²) in [5, 5.41) is 37.1.